The summed E-state index contributed by atoms with van der Waals surface area (Å²) >= 11 is 0. The van der Waals surface area contributed by atoms with Crippen LogP contribution in [0.2, 0.25) is 0 Å². The Morgan fingerprint density at radius 2 is 1.92 bits per heavy atom. The second-order valence-electron chi connectivity index (χ2n) is 6.98. The quantitative estimate of drug-likeness (QED) is 0.830. The molecule has 0 saturated carbocycles. The van der Waals surface area contributed by atoms with Gasteiger partial charge in [-0.1, -0.05) is 31.7 Å². The predicted octanol–water partition coefficient (Wildman–Crippen LogP) is 4.20. The highest BCUT2D eigenvalue weighted by Crippen LogP contribution is 2.38. The second-order valence-corrected chi connectivity index (χ2v) is 6.98. The number of rotatable bonds is 4. The Hall–Kier alpha value is -2.00. The van der Waals surface area contributed by atoms with Crippen molar-refractivity contribution < 1.29 is 0 Å². The Morgan fingerprint density at radius 3 is 2.52 bits per heavy atom. The van der Waals surface area contributed by atoms with Crippen LogP contribution in [0.4, 0.5) is 5.69 Å². The van der Waals surface area contributed by atoms with Crippen LogP contribution in [0.3, 0.4) is 0 Å². The smallest absolute Gasteiger partial charge is 0.0361 e. The van der Waals surface area contributed by atoms with Crippen molar-refractivity contribution in [2.45, 2.75) is 26.7 Å². The summed E-state index contributed by atoms with van der Waals surface area (Å²) in [5.41, 5.74) is 7.01. The predicted molar refractivity (Wildman–Crippen MR) is 110 cm³/mol. The first kappa shape index (κ1) is 19.3. The molecular weight excluding hydrogens is 306 g/mol. The normalized spacial score (nSPS) is 19.3. The summed E-state index contributed by atoms with van der Waals surface area (Å²) in [5, 5.41) is 3.49. The van der Waals surface area contributed by atoms with Crippen molar-refractivity contribution in [2.24, 2.45) is 5.92 Å². The fourth-order valence-electron chi connectivity index (χ4n) is 3.49. The first-order chi connectivity index (χ1) is 12.0. The van der Waals surface area contributed by atoms with Gasteiger partial charge in [0.1, 0.15) is 0 Å². The SMILES string of the molecule is C=C1C(C)C2=C(CCNC2)N1CCc1ccc(N(C)C)cc1.C=CC. The molecule has 3 rings (SSSR count). The van der Waals surface area contributed by atoms with E-state index in [0.717, 1.165) is 32.5 Å². The monoisotopic (exact) mass is 339 g/mol. The molecule has 0 saturated heterocycles. The third kappa shape index (κ3) is 4.55. The molecule has 0 radical (unpaired) electrons. The molecule has 0 aliphatic carbocycles. The van der Waals surface area contributed by atoms with Crippen LogP contribution in [-0.4, -0.2) is 38.6 Å². The number of anilines is 1. The summed E-state index contributed by atoms with van der Waals surface area (Å²) in [4.78, 5) is 4.61. The van der Waals surface area contributed by atoms with Gasteiger partial charge < -0.3 is 15.1 Å². The number of hydrogen-bond acceptors (Lipinski definition) is 3. The summed E-state index contributed by atoms with van der Waals surface area (Å²) in [6.45, 7) is 15.0. The van der Waals surface area contributed by atoms with Gasteiger partial charge >= 0.3 is 0 Å². The molecule has 1 atom stereocenters. The van der Waals surface area contributed by atoms with Gasteiger partial charge in [-0.2, -0.15) is 0 Å². The maximum Gasteiger partial charge on any atom is 0.0361 e. The minimum absolute atomic E-state index is 0.499. The maximum atomic E-state index is 4.34. The fourth-order valence-corrected chi connectivity index (χ4v) is 3.49. The summed E-state index contributed by atoms with van der Waals surface area (Å²) in [6, 6.07) is 8.89. The minimum atomic E-state index is 0.499. The molecule has 1 N–H and O–H groups in total. The van der Waals surface area contributed by atoms with E-state index in [1.165, 1.54) is 22.6 Å². The average Bonchev–Trinajstić information content (AvgIpc) is 2.85. The van der Waals surface area contributed by atoms with Crippen LogP contribution < -0.4 is 10.2 Å². The first-order valence-electron chi connectivity index (χ1n) is 9.21. The minimum Gasteiger partial charge on any atom is -0.378 e. The van der Waals surface area contributed by atoms with Gasteiger partial charge in [0.25, 0.3) is 0 Å². The van der Waals surface area contributed by atoms with Crippen LogP contribution in [0.1, 0.15) is 25.8 Å². The van der Waals surface area contributed by atoms with Crippen molar-refractivity contribution in [2.75, 3.05) is 38.6 Å². The Bertz CT molecular complexity index is 625. The fraction of sp³-hybridized carbons (Fsp3) is 0.455. The van der Waals surface area contributed by atoms with Crippen molar-refractivity contribution >= 4 is 5.69 Å². The van der Waals surface area contributed by atoms with Crippen molar-refractivity contribution in [3.05, 3.63) is 66.0 Å². The van der Waals surface area contributed by atoms with Crippen molar-refractivity contribution in [1.29, 1.82) is 0 Å². The Labute approximate surface area is 153 Å². The number of allylic oxidation sites excluding steroid dienone is 2. The molecule has 2 heterocycles. The van der Waals surface area contributed by atoms with Gasteiger partial charge in [-0.05, 0) is 36.6 Å². The van der Waals surface area contributed by atoms with Crippen LogP contribution in [0, 0.1) is 5.92 Å². The third-order valence-corrected chi connectivity index (χ3v) is 5.00. The van der Waals surface area contributed by atoms with E-state index in [4.69, 9.17) is 0 Å². The third-order valence-electron chi connectivity index (χ3n) is 5.00. The molecule has 2 aliphatic rings. The van der Waals surface area contributed by atoms with Crippen LogP contribution >= 0.6 is 0 Å². The summed E-state index contributed by atoms with van der Waals surface area (Å²) in [6.07, 6.45) is 3.96. The van der Waals surface area contributed by atoms with Crippen LogP contribution in [-0.2, 0) is 6.42 Å². The zero-order chi connectivity index (χ0) is 18.4. The van der Waals surface area contributed by atoms with Gasteiger partial charge in [0, 0.05) is 63.1 Å². The van der Waals surface area contributed by atoms with Gasteiger partial charge in [-0.25, -0.2) is 0 Å². The van der Waals surface area contributed by atoms with Crippen molar-refractivity contribution in [3.63, 3.8) is 0 Å². The van der Waals surface area contributed by atoms with E-state index in [-0.39, 0.29) is 0 Å². The highest BCUT2D eigenvalue weighted by atomic mass is 15.2. The summed E-state index contributed by atoms with van der Waals surface area (Å²) in [5.74, 6) is 0.499. The lowest BCUT2D eigenvalue weighted by atomic mass is 9.98. The molecule has 2 aliphatic heterocycles. The number of nitrogens with zero attached hydrogens (tertiary/aromatic N) is 2. The molecule has 1 aromatic carbocycles. The highest BCUT2D eigenvalue weighted by molar-refractivity contribution is 5.46. The number of benzene rings is 1. The molecule has 25 heavy (non-hydrogen) atoms. The topological polar surface area (TPSA) is 18.5 Å². The molecule has 3 nitrogen and oxygen atoms in total. The van der Waals surface area contributed by atoms with Crippen LogP contribution in [0.5, 0.6) is 0 Å². The highest BCUT2D eigenvalue weighted by Gasteiger charge is 2.32. The zero-order valence-electron chi connectivity index (χ0n) is 16.3. The van der Waals surface area contributed by atoms with Crippen molar-refractivity contribution in [3.8, 4) is 0 Å². The maximum absolute atomic E-state index is 4.34. The molecule has 1 aromatic rings. The van der Waals surface area contributed by atoms with E-state index in [9.17, 15) is 0 Å². The molecular formula is C22H33N3. The van der Waals surface area contributed by atoms with Gasteiger partial charge in [0.2, 0.25) is 0 Å². The molecule has 136 valence electrons. The Balaban J connectivity index is 0.000000701. The zero-order valence-corrected chi connectivity index (χ0v) is 16.3. The van der Waals surface area contributed by atoms with Gasteiger partial charge in [0.05, 0.1) is 0 Å². The Kier molecular flexibility index (Phi) is 6.89. The van der Waals surface area contributed by atoms with E-state index in [1.807, 2.05) is 6.92 Å². The van der Waals surface area contributed by atoms with Crippen LogP contribution in [0.25, 0.3) is 0 Å². The standard InChI is InChI=1S/C19H27N3.C3H6/c1-14-15(2)22(19-9-11-20-13-18(14)19)12-10-16-5-7-17(8-6-16)21(3)4;1-3-2/h5-8,14,20H,2,9-13H2,1,3-4H3;3H,1H2,2H3. The largest absolute Gasteiger partial charge is 0.378 e. The van der Waals surface area contributed by atoms with Gasteiger partial charge in [-0.3, -0.25) is 0 Å². The van der Waals surface area contributed by atoms with E-state index < -0.39 is 0 Å². The molecule has 0 amide bonds. The van der Waals surface area contributed by atoms with Gasteiger partial charge in [0.15, 0.2) is 0 Å². The Morgan fingerprint density at radius 1 is 1.28 bits per heavy atom. The lowest BCUT2D eigenvalue weighted by molar-refractivity contribution is 0.414. The van der Waals surface area contributed by atoms with E-state index in [1.54, 1.807) is 11.6 Å². The summed E-state index contributed by atoms with van der Waals surface area (Å²) in [7, 11) is 4.16. The van der Waals surface area contributed by atoms with Crippen LogP contribution in [0.15, 0.2) is 60.5 Å². The lowest BCUT2D eigenvalue weighted by Crippen LogP contribution is -2.28. The molecule has 1 unspecified atom stereocenters. The van der Waals surface area contributed by atoms with E-state index >= 15 is 0 Å². The molecule has 0 fully saturated rings. The number of hydrogen-bond donors (Lipinski definition) is 1. The number of nitrogens with one attached hydrogen (secondary N) is 1. The molecule has 0 bridgehead atoms. The van der Waals surface area contributed by atoms with E-state index in [2.05, 4.69) is 73.6 Å². The van der Waals surface area contributed by atoms with Crippen molar-refractivity contribution in [1.82, 2.24) is 10.2 Å². The summed E-state index contributed by atoms with van der Waals surface area (Å²) < 4.78 is 0. The molecule has 0 aromatic heterocycles. The molecule has 3 heteroatoms. The molecule has 0 spiro atoms. The van der Waals surface area contributed by atoms with E-state index in [0.29, 0.717) is 5.92 Å². The lowest BCUT2D eigenvalue weighted by Gasteiger charge is -2.26. The average molecular weight is 340 g/mol. The first-order valence-corrected chi connectivity index (χ1v) is 9.21. The second kappa shape index (κ2) is 8.91. The van der Waals surface area contributed by atoms with Gasteiger partial charge in [-0.15, -0.1) is 6.58 Å².